The molecule has 10 aromatic rings. The van der Waals surface area contributed by atoms with Crippen LogP contribution < -0.4 is 4.40 Å². The number of para-hydroxylation sites is 2. The molecule has 5 aromatic carbocycles. The van der Waals surface area contributed by atoms with Gasteiger partial charge in [0.2, 0.25) is 0 Å². The summed E-state index contributed by atoms with van der Waals surface area (Å²) < 4.78 is 7.54. The summed E-state index contributed by atoms with van der Waals surface area (Å²) in [7, 11) is 0. The quantitative estimate of drug-likeness (QED) is 0.130. The molecule has 58 heavy (non-hydrogen) atoms. The van der Waals surface area contributed by atoms with Gasteiger partial charge in [-0.05, 0) is 58.3 Å². The van der Waals surface area contributed by atoms with E-state index in [1.165, 1.54) is 51.2 Å². The number of pyridine rings is 2. The standard InChI is InChI=1S/C29H24N3S.C21H20GeNS.Ir/c1-18-12-17-22-21-8-7-9-23(26(21)33-28(22)30-18)27-31-24-10-5-6-11-25(24)32(27)20-15-13-19(14-16-20)29(2,3)4;1-14-12-19(23-13-18(14)22(2,3)4)17-10-7-9-16-15-8-5-6-11-20(15)24-21(16)17;/h5-8,10-17H,1-4H3;5-9,11-13H,1-4H3;/q2*-1;. The summed E-state index contributed by atoms with van der Waals surface area (Å²) >= 11 is 1.70. The molecule has 0 unspecified atom stereocenters. The number of hydrogen-bond donors (Lipinski definition) is 0. The Morgan fingerprint density at radius 1 is 0.672 bits per heavy atom. The number of thiophene rings is 2. The van der Waals surface area contributed by atoms with Crippen LogP contribution in [0.3, 0.4) is 0 Å². The molecule has 291 valence electrons. The SMILES string of the molecule is Cc1cc(-c2[c-]ccc3c2sc2ccccc23)nc[c]1[Ge]([CH3])([CH3])[CH3].Cc1ccc2c(n1)sc1c(-c3nc4ccccc4n3-c3ccc(C(C)(C)C)cc3)[c-]ccc12.[Ir]. The first-order valence-electron chi connectivity index (χ1n) is 19.4. The smallest absolute Gasteiger partial charge is 0.113 e. The minimum Gasteiger partial charge on any atom is -0.333 e. The normalized spacial score (nSPS) is 12.0. The van der Waals surface area contributed by atoms with Crippen LogP contribution in [0.5, 0.6) is 0 Å². The Bertz CT molecular complexity index is 3130. The number of benzene rings is 5. The van der Waals surface area contributed by atoms with Crippen LogP contribution >= 0.6 is 22.7 Å². The topological polar surface area (TPSA) is 43.6 Å². The molecule has 5 heterocycles. The number of rotatable bonds is 4. The first-order chi connectivity index (χ1) is 27.3. The van der Waals surface area contributed by atoms with Gasteiger partial charge in [0.15, 0.2) is 0 Å². The molecule has 8 heteroatoms. The van der Waals surface area contributed by atoms with E-state index in [2.05, 4.69) is 165 Å². The van der Waals surface area contributed by atoms with Crippen molar-refractivity contribution >= 4 is 91.8 Å². The van der Waals surface area contributed by atoms with Gasteiger partial charge < -0.3 is 4.57 Å². The summed E-state index contributed by atoms with van der Waals surface area (Å²) in [5.74, 6) is 8.17. The molecule has 5 aromatic heterocycles. The van der Waals surface area contributed by atoms with Gasteiger partial charge >= 0.3 is 150 Å². The molecule has 0 aliphatic rings. The zero-order valence-electron chi connectivity index (χ0n) is 34.0. The molecule has 0 saturated carbocycles. The van der Waals surface area contributed by atoms with Crippen molar-refractivity contribution < 1.29 is 20.1 Å². The Labute approximate surface area is 364 Å². The number of aryl methyl sites for hydroxylation is 2. The van der Waals surface area contributed by atoms with Crippen LogP contribution in [0.25, 0.3) is 79.8 Å². The largest absolute Gasteiger partial charge is 0.333 e. The number of nitrogens with zero attached hydrogens (tertiary/aromatic N) is 4. The van der Waals surface area contributed by atoms with Crippen molar-refractivity contribution in [2.75, 3.05) is 0 Å². The van der Waals surface area contributed by atoms with Crippen LogP contribution in [-0.2, 0) is 25.5 Å². The number of imidazole rings is 1. The molecule has 1 radical (unpaired) electrons. The second-order valence-corrected chi connectivity index (χ2v) is 29.5. The zero-order valence-corrected chi connectivity index (χ0v) is 40.1. The summed E-state index contributed by atoms with van der Waals surface area (Å²) in [6, 6.07) is 47.6. The number of aromatic nitrogens is 4. The van der Waals surface area contributed by atoms with Crippen LogP contribution in [0.1, 0.15) is 37.6 Å². The minimum atomic E-state index is -1.87. The molecule has 0 spiro atoms. The van der Waals surface area contributed by atoms with E-state index < -0.39 is 13.3 Å². The predicted octanol–water partition coefficient (Wildman–Crippen LogP) is 13.6. The Morgan fingerprint density at radius 2 is 1.34 bits per heavy atom. The van der Waals surface area contributed by atoms with E-state index in [9.17, 15) is 0 Å². The van der Waals surface area contributed by atoms with E-state index in [4.69, 9.17) is 15.0 Å². The van der Waals surface area contributed by atoms with Crippen LogP contribution in [0, 0.1) is 26.0 Å². The Kier molecular flexibility index (Phi) is 10.8. The third-order valence-corrected chi connectivity index (χ3v) is 17.6. The minimum absolute atomic E-state index is 0. The molecule has 0 amide bonds. The molecule has 4 nitrogen and oxygen atoms in total. The van der Waals surface area contributed by atoms with E-state index in [0.717, 1.165) is 49.9 Å². The van der Waals surface area contributed by atoms with Crippen molar-refractivity contribution in [1.29, 1.82) is 0 Å². The van der Waals surface area contributed by atoms with Crippen molar-refractivity contribution in [3.05, 3.63) is 150 Å². The van der Waals surface area contributed by atoms with Crippen molar-refractivity contribution in [3.63, 3.8) is 0 Å². The maximum atomic E-state index is 5.09. The molecule has 0 bridgehead atoms. The molecule has 10 rings (SSSR count). The molecular formula is C50H44GeIrN4S2-2. The van der Waals surface area contributed by atoms with Crippen molar-refractivity contribution in [2.45, 2.75) is 57.3 Å². The fraction of sp³-hybridized carbons (Fsp3) is 0.180. The molecule has 0 N–H and O–H groups in total. The van der Waals surface area contributed by atoms with Gasteiger partial charge in [0.05, 0.1) is 16.9 Å². The predicted molar refractivity (Wildman–Crippen MR) is 249 cm³/mol. The van der Waals surface area contributed by atoms with Crippen LogP contribution in [0.2, 0.25) is 17.3 Å². The summed E-state index contributed by atoms with van der Waals surface area (Å²) in [6.07, 6.45) is 2.12. The van der Waals surface area contributed by atoms with Gasteiger partial charge in [0, 0.05) is 31.5 Å². The van der Waals surface area contributed by atoms with Gasteiger partial charge in [0.25, 0.3) is 0 Å². The van der Waals surface area contributed by atoms with Crippen LogP contribution in [0.4, 0.5) is 0 Å². The van der Waals surface area contributed by atoms with E-state index in [1.54, 1.807) is 11.3 Å². The fourth-order valence-electron chi connectivity index (χ4n) is 7.80. The molecular weight excluding hydrogens is 986 g/mol. The number of fused-ring (bicyclic) bond motifs is 7. The molecule has 0 fully saturated rings. The van der Waals surface area contributed by atoms with Gasteiger partial charge in [-0.2, -0.15) is 11.3 Å². The van der Waals surface area contributed by atoms with Gasteiger partial charge in [-0.1, -0.05) is 62.1 Å². The molecule has 0 atom stereocenters. The second kappa shape index (κ2) is 15.6. The van der Waals surface area contributed by atoms with E-state index >= 15 is 0 Å². The summed E-state index contributed by atoms with van der Waals surface area (Å²) in [5.41, 5.74) is 10.2. The van der Waals surface area contributed by atoms with Gasteiger partial charge in [-0.25, -0.2) is 4.98 Å². The third kappa shape index (κ3) is 7.37. The summed E-state index contributed by atoms with van der Waals surface area (Å²) in [4.78, 5) is 15.7. The van der Waals surface area contributed by atoms with Crippen molar-refractivity contribution in [3.8, 4) is 28.3 Å². The van der Waals surface area contributed by atoms with Gasteiger partial charge in [-0.15, -0.1) is 18.2 Å². The maximum Gasteiger partial charge on any atom is 0.113 e. The second-order valence-electron chi connectivity index (χ2n) is 16.9. The monoisotopic (exact) mass is 1030 g/mol. The zero-order chi connectivity index (χ0) is 39.6. The molecule has 0 saturated heterocycles. The Morgan fingerprint density at radius 3 is 2.07 bits per heavy atom. The maximum absolute atomic E-state index is 5.09. The first kappa shape index (κ1) is 40.3. The van der Waals surface area contributed by atoms with Crippen molar-refractivity contribution in [2.24, 2.45) is 0 Å². The van der Waals surface area contributed by atoms with Gasteiger partial charge in [-0.3, -0.25) is 4.98 Å². The first-order valence-corrected chi connectivity index (χ1v) is 28.4. The number of hydrogen-bond acceptors (Lipinski definition) is 5. The van der Waals surface area contributed by atoms with E-state index in [0.29, 0.717) is 0 Å². The third-order valence-electron chi connectivity index (χ3n) is 10.7. The van der Waals surface area contributed by atoms with Crippen molar-refractivity contribution in [1.82, 2.24) is 19.5 Å². The van der Waals surface area contributed by atoms with Crippen LogP contribution in [0.15, 0.2) is 121 Å². The summed E-state index contributed by atoms with van der Waals surface area (Å²) in [5, 5.41) is 5.03. The Balaban J connectivity index is 0.000000167. The molecule has 0 aliphatic carbocycles. The Hall–Kier alpha value is -4.50. The summed E-state index contributed by atoms with van der Waals surface area (Å²) in [6.45, 7) is 11.0. The molecule has 0 aliphatic heterocycles. The van der Waals surface area contributed by atoms with Crippen LogP contribution in [-0.4, -0.2) is 32.8 Å². The van der Waals surface area contributed by atoms with Gasteiger partial charge in [0.1, 0.15) is 4.83 Å². The fourth-order valence-corrected chi connectivity index (χ4v) is 13.8. The van der Waals surface area contributed by atoms with E-state index in [-0.39, 0.29) is 25.5 Å². The van der Waals surface area contributed by atoms with E-state index in [1.807, 2.05) is 36.5 Å². The average Bonchev–Trinajstić information content (AvgIpc) is 3.88. The average molecular weight is 1030 g/mol.